The molecule has 0 radical (unpaired) electrons. The first-order valence-corrected chi connectivity index (χ1v) is 12.5. The van der Waals surface area contributed by atoms with Gasteiger partial charge in [-0.25, -0.2) is 0 Å². The van der Waals surface area contributed by atoms with Crippen LogP contribution in [0.15, 0.2) is 84.1 Å². The Kier molecular flexibility index (Phi) is 6.42. The van der Waals surface area contributed by atoms with Crippen molar-refractivity contribution in [2.24, 2.45) is 0 Å². The van der Waals surface area contributed by atoms with Crippen molar-refractivity contribution in [1.29, 1.82) is 0 Å². The molecule has 0 atom stereocenters. The fraction of sp³-hybridized carbons (Fsp3) is 0.179. The van der Waals surface area contributed by atoms with Crippen LogP contribution in [0.3, 0.4) is 0 Å². The molecule has 0 aliphatic carbocycles. The lowest BCUT2D eigenvalue weighted by Gasteiger charge is -2.13. The Morgan fingerprint density at radius 1 is 0.914 bits per heavy atom. The number of rotatable bonds is 7. The zero-order chi connectivity index (χ0) is 24.4. The van der Waals surface area contributed by atoms with E-state index in [4.69, 9.17) is 19.6 Å². The molecule has 0 spiro atoms. The Morgan fingerprint density at radius 2 is 1.63 bits per heavy atom. The second kappa shape index (κ2) is 9.80. The summed E-state index contributed by atoms with van der Waals surface area (Å²) >= 11 is 1.59. The fourth-order valence-corrected chi connectivity index (χ4v) is 4.69. The van der Waals surface area contributed by atoms with E-state index >= 15 is 0 Å². The number of benzene rings is 3. The third-order valence-electron chi connectivity index (χ3n) is 5.98. The molecule has 0 aliphatic rings. The highest BCUT2D eigenvalue weighted by atomic mass is 32.2. The highest BCUT2D eigenvalue weighted by molar-refractivity contribution is 7.98. The molecule has 0 N–H and O–H groups in total. The number of pyridine rings is 1. The van der Waals surface area contributed by atoms with Gasteiger partial charge in [0.15, 0.2) is 11.5 Å². The van der Waals surface area contributed by atoms with Gasteiger partial charge in [-0.2, -0.15) is 9.25 Å². The molecule has 0 fully saturated rings. The van der Waals surface area contributed by atoms with E-state index < -0.39 is 0 Å². The highest BCUT2D eigenvalue weighted by Gasteiger charge is 2.26. The maximum Gasteiger partial charge on any atom is 0.461 e. The molecule has 35 heavy (non-hydrogen) atoms. The van der Waals surface area contributed by atoms with Crippen molar-refractivity contribution >= 4 is 22.5 Å². The molecule has 2 aromatic heterocycles. The number of ether oxygens (including phenoxy) is 2. The van der Waals surface area contributed by atoms with Gasteiger partial charge < -0.3 is 9.47 Å². The van der Waals surface area contributed by atoms with Gasteiger partial charge in [0.25, 0.3) is 5.16 Å². The van der Waals surface area contributed by atoms with E-state index in [1.54, 1.807) is 26.0 Å². The van der Waals surface area contributed by atoms with E-state index in [2.05, 4.69) is 54.0 Å². The minimum Gasteiger partial charge on any atom is -0.493 e. The summed E-state index contributed by atoms with van der Waals surface area (Å²) in [6.45, 7) is 2.75. The predicted octanol–water partition coefficient (Wildman–Crippen LogP) is 5.47. The molecule has 176 valence electrons. The molecule has 0 saturated heterocycles. The molecule has 0 bridgehead atoms. The molecule has 0 amide bonds. The molecule has 5 aromatic rings. The first-order chi connectivity index (χ1) is 17.1. The van der Waals surface area contributed by atoms with Crippen LogP contribution in [0, 0.1) is 6.92 Å². The summed E-state index contributed by atoms with van der Waals surface area (Å²) in [5.74, 6) is 2.00. The van der Waals surface area contributed by atoms with Crippen LogP contribution in [0.1, 0.15) is 11.1 Å². The molecule has 0 unspecified atom stereocenters. The van der Waals surface area contributed by atoms with Gasteiger partial charge in [-0.3, -0.25) is 0 Å². The molecule has 5 rings (SSSR count). The van der Waals surface area contributed by atoms with Crippen molar-refractivity contribution < 1.29 is 14.0 Å². The van der Waals surface area contributed by atoms with Gasteiger partial charge in [-0.1, -0.05) is 71.9 Å². The van der Waals surface area contributed by atoms with Crippen LogP contribution in [0.4, 0.5) is 0 Å². The second-order valence-electron chi connectivity index (χ2n) is 8.24. The molecule has 6 nitrogen and oxygen atoms in total. The summed E-state index contributed by atoms with van der Waals surface area (Å²) in [5, 5.41) is 7.86. The van der Waals surface area contributed by atoms with Crippen molar-refractivity contribution in [2.75, 3.05) is 20.5 Å². The SMILES string of the molecule is COc1cc2cc[n+](-c3nc(SC)n(Cc4ccccc4)n3)c(-c3ccc(C)cc3)c2cc1OC. The number of methoxy groups -OCH3 is 2. The van der Waals surface area contributed by atoms with Crippen LogP contribution in [0.25, 0.3) is 28.0 Å². The summed E-state index contributed by atoms with van der Waals surface area (Å²) in [6.07, 6.45) is 4.05. The average molecular weight is 484 g/mol. The standard InChI is InChI=1S/C28H27N4O2S/c1-19-10-12-21(13-11-19)26-23-17-25(34-3)24(33-2)16-22(23)14-15-31(26)27-29-28(35-4)32(30-27)18-20-8-6-5-7-9-20/h5-17H,18H2,1-4H3/q+1. The molecule has 3 aromatic carbocycles. The zero-order valence-electron chi connectivity index (χ0n) is 20.2. The lowest BCUT2D eigenvalue weighted by atomic mass is 10.0. The van der Waals surface area contributed by atoms with Crippen LogP contribution < -0.4 is 14.0 Å². The van der Waals surface area contributed by atoms with E-state index in [9.17, 15) is 0 Å². The summed E-state index contributed by atoms with van der Waals surface area (Å²) in [6, 6.07) is 24.9. The number of fused-ring (bicyclic) bond motifs is 1. The van der Waals surface area contributed by atoms with Gasteiger partial charge >= 0.3 is 5.95 Å². The van der Waals surface area contributed by atoms with Crippen molar-refractivity contribution in [3.63, 3.8) is 0 Å². The van der Waals surface area contributed by atoms with Gasteiger partial charge in [0, 0.05) is 16.0 Å². The highest BCUT2D eigenvalue weighted by Crippen LogP contribution is 2.36. The number of aryl methyl sites for hydroxylation is 1. The number of hydrogen-bond donors (Lipinski definition) is 0. The second-order valence-corrected chi connectivity index (χ2v) is 9.01. The molecule has 0 aliphatic heterocycles. The quantitative estimate of drug-likeness (QED) is 0.227. The fourth-order valence-electron chi connectivity index (χ4n) is 4.20. The van der Waals surface area contributed by atoms with Gasteiger partial charge in [0.05, 0.1) is 27.0 Å². The third kappa shape index (κ3) is 4.47. The van der Waals surface area contributed by atoms with Crippen LogP contribution in [-0.2, 0) is 6.54 Å². The molecule has 7 heteroatoms. The van der Waals surface area contributed by atoms with Crippen LogP contribution >= 0.6 is 11.8 Å². The van der Waals surface area contributed by atoms with E-state index in [1.165, 1.54) is 11.1 Å². The average Bonchev–Trinajstić information content (AvgIpc) is 3.30. The summed E-state index contributed by atoms with van der Waals surface area (Å²) in [7, 11) is 3.31. The Balaban J connectivity index is 1.73. The molecular formula is C28H27N4O2S+. The summed E-state index contributed by atoms with van der Waals surface area (Å²) in [4.78, 5) is 4.90. The molecule has 2 heterocycles. The largest absolute Gasteiger partial charge is 0.493 e. The maximum atomic E-state index is 5.63. The Morgan fingerprint density at radius 3 is 2.31 bits per heavy atom. The van der Waals surface area contributed by atoms with Gasteiger partial charge in [0.1, 0.15) is 5.69 Å². The monoisotopic (exact) mass is 483 g/mol. The smallest absolute Gasteiger partial charge is 0.461 e. The van der Waals surface area contributed by atoms with E-state index in [-0.39, 0.29) is 0 Å². The molecule has 0 saturated carbocycles. The Labute approximate surface area is 209 Å². The normalized spacial score (nSPS) is 11.1. The lowest BCUT2D eigenvalue weighted by Crippen LogP contribution is -2.35. The van der Waals surface area contributed by atoms with Crippen molar-refractivity contribution in [3.05, 3.63) is 90.1 Å². The van der Waals surface area contributed by atoms with Crippen LogP contribution in [0.2, 0.25) is 0 Å². The molecular weight excluding hydrogens is 456 g/mol. The minimum atomic E-state index is 0.623. The number of hydrogen-bond acceptors (Lipinski definition) is 5. The van der Waals surface area contributed by atoms with Crippen molar-refractivity contribution in [2.45, 2.75) is 18.6 Å². The van der Waals surface area contributed by atoms with Crippen LogP contribution in [0.5, 0.6) is 11.5 Å². The minimum absolute atomic E-state index is 0.623. The first-order valence-electron chi connectivity index (χ1n) is 11.3. The topological polar surface area (TPSA) is 53.0 Å². The number of nitrogens with zero attached hydrogens (tertiary/aromatic N) is 4. The summed E-state index contributed by atoms with van der Waals surface area (Å²) < 4.78 is 15.2. The lowest BCUT2D eigenvalue weighted by molar-refractivity contribution is -0.590. The van der Waals surface area contributed by atoms with Gasteiger partial charge in [-0.05, 0) is 47.3 Å². The number of thioether (sulfide) groups is 1. The van der Waals surface area contributed by atoms with E-state index in [1.807, 2.05) is 47.5 Å². The zero-order valence-corrected chi connectivity index (χ0v) is 21.0. The van der Waals surface area contributed by atoms with E-state index in [0.29, 0.717) is 24.0 Å². The maximum absolute atomic E-state index is 5.63. The number of aromatic nitrogens is 4. The third-order valence-corrected chi connectivity index (χ3v) is 6.65. The predicted molar refractivity (Wildman–Crippen MR) is 140 cm³/mol. The Bertz CT molecular complexity index is 1480. The van der Waals surface area contributed by atoms with Gasteiger partial charge in [-0.15, -0.1) is 0 Å². The first kappa shape index (κ1) is 22.9. The summed E-state index contributed by atoms with van der Waals surface area (Å²) in [5.41, 5.74) is 4.44. The Hall–Kier alpha value is -3.84. The van der Waals surface area contributed by atoms with E-state index in [0.717, 1.165) is 27.2 Å². The van der Waals surface area contributed by atoms with Crippen molar-refractivity contribution in [3.8, 4) is 28.7 Å². The van der Waals surface area contributed by atoms with Gasteiger partial charge in [0.2, 0.25) is 0 Å². The van der Waals surface area contributed by atoms with Crippen LogP contribution in [-0.4, -0.2) is 35.2 Å². The van der Waals surface area contributed by atoms with Crippen molar-refractivity contribution in [1.82, 2.24) is 14.8 Å².